The Morgan fingerprint density at radius 3 is 2.16 bits per heavy atom. The maximum Gasteiger partial charge on any atom is 0.407 e. The highest BCUT2D eigenvalue weighted by molar-refractivity contribution is 6.38. The van der Waals surface area contributed by atoms with E-state index in [1.807, 2.05) is 41.5 Å². The molecule has 14 nitrogen and oxygen atoms in total. The molecular weight excluding hydrogens is 644 g/mol. The maximum absolute atomic E-state index is 14.0. The van der Waals surface area contributed by atoms with Crippen LogP contribution in [0.5, 0.6) is 0 Å². The molecule has 1 aliphatic rings. The number of carbonyl (C=O) groups is 7. The van der Waals surface area contributed by atoms with Crippen molar-refractivity contribution in [2.45, 2.75) is 98.3 Å². The van der Waals surface area contributed by atoms with Crippen molar-refractivity contribution >= 4 is 41.4 Å². The van der Waals surface area contributed by atoms with Gasteiger partial charge in [-0.1, -0.05) is 91.6 Å². The number of benzene rings is 1. The van der Waals surface area contributed by atoms with Crippen molar-refractivity contribution in [3.05, 3.63) is 35.9 Å². The topological polar surface area (TPSA) is 183 Å². The Labute approximate surface area is 295 Å². The van der Waals surface area contributed by atoms with E-state index in [1.54, 1.807) is 51.4 Å². The molecule has 14 heteroatoms. The van der Waals surface area contributed by atoms with Crippen LogP contribution in [0.3, 0.4) is 0 Å². The third-order valence-electron chi connectivity index (χ3n) is 8.58. The first-order chi connectivity index (χ1) is 23.4. The summed E-state index contributed by atoms with van der Waals surface area (Å²) in [7, 11) is 3.11. The quantitative estimate of drug-likeness (QED) is 0.179. The van der Waals surface area contributed by atoms with Crippen molar-refractivity contribution in [3.63, 3.8) is 0 Å². The van der Waals surface area contributed by atoms with Gasteiger partial charge in [-0.3, -0.25) is 28.8 Å². The Morgan fingerprint density at radius 2 is 1.60 bits per heavy atom. The van der Waals surface area contributed by atoms with E-state index in [4.69, 9.17) is 4.74 Å². The molecule has 0 radical (unpaired) electrons. The summed E-state index contributed by atoms with van der Waals surface area (Å²) in [6, 6.07) is 4.51. The molecule has 0 saturated carbocycles. The second-order valence-corrected chi connectivity index (χ2v) is 14.4. The van der Waals surface area contributed by atoms with Crippen LogP contribution in [0.25, 0.3) is 0 Å². The zero-order valence-electron chi connectivity index (χ0n) is 31.0. The van der Waals surface area contributed by atoms with Gasteiger partial charge in [0.2, 0.25) is 29.4 Å². The van der Waals surface area contributed by atoms with Crippen LogP contribution in [0.2, 0.25) is 0 Å². The average Bonchev–Trinajstić information content (AvgIpc) is 3.41. The third kappa shape index (κ3) is 12.1. The van der Waals surface area contributed by atoms with Crippen LogP contribution in [-0.2, 0) is 33.5 Å². The summed E-state index contributed by atoms with van der Waals surface area (Å²) < 4.78 is 5.26. The van der Waals surface area contributed by atoms with Gasteiger partial charge in [0.25, 0.3) is 5.91 Å². The van der Waals surface area contributed by atoms with Gasteiger partial charge in [0.1, 0.15) is 18.1 Å². The van der Waals surface area contributed by atoms with Crippen molar-refractivity contribution < 1.29 is 38.3 Å². The monoisotopic (exact) mass is 700 g/mol. The molecule has 2 rings (SSSR count). The van der Waals surface area contributed by atoms with E-state index in [1.165, 1.54) is 9.80 Å². The predicted octanol–water partition coefficient (Wildman–Crippen LogP) is 2.33. The predicted molar refractivity (Wildman–Crippen MR) is 187 cm³/mol. The van der Waals surface area contributed by atoms with Gasteiger partial charge in [0.05, 0.1) is 19.2 Å². The second-order valence-electron chi connectivity index (χ2n) is 14.4. The summed E-state index contributed by atoms with van der Waals surface area (Å²) in [6.45, 7) is 13.0. The number of Topliss-reactive ketones (excluding diaryl/α,β-unsaturated/α-hetero) is 1. The van der Waals surface area contributed by atoms with E-state index in [0.717, 1.165) is 0 Å². The average molecular weight is 701 g/mol. The first-order valence-electron chi connectivity index (χ1n) is 17.3. The molecule has 1 aromatic rings. The van der Waals surface area contributed by atoms with E-state index >= 15 is 0 Å². The number of hydrogen-bond donors (Lipinski definition) is 4. The molecule has 4 N–H and O–H groups in total. The number of alkyl carbamates (subject to hydrolysis) is 1. The fraction of sp³-hybridized carbons (Fsp3) is 0.639. The van der Waals surface area contributed by atoms with E-state index < -0.39 is 71.6 Å². The SMILES string of the molecule is CCC[C@H](NC(=O)[C@@H]1CC(C)(C)CN1C(=O)C(NC(=O)OCC(C)C)[C@@H](C)CC)C(=O)C(=O)NCC(=O)N[C@H](C(=O)N(C)C)c1ccccc1. The lowest BCUT2D eigenvalue weighted by Gasteiger charge is -2.32. The van der Waals surface area contributed by atoms with Crippen LogP contribution in [0.4, 0.5) is 4.79 Å². The summed E-state index contributed by atoms with van der Waals surface area (Å²) in [5.41, 5.74) is 0.101. The van der Waals surface area contributed by atoms with Crippen LogP contribution >= 0.6 is 0 Å². The smallest absolute Gasteiger partial charge is 0.407 e. The zero-order chi connectivity index (χ0) is 37.8. The van der Waals surface area contributed by atoms with Crippen LogP contribution in [0, 0.1) is 17.3 Å². The molecule has 278 valence electrons. The normalized spacial score (nSPS) is 17.5. The molecule has 1 aliphatic heterocycles. The van der Waals surface area contributed by atoms with Gasteiger partial charge in [-0.15, -0.1) is 0 Å². The molecule has 1 fully saturated rings. The number of nitrogens with zero attached hydrogens (tertiary/aromatic N) is 2. The van der Waals surface area contributed by atoms with Crippen LogP contribution in [-0.4, -0.2) is 103 Å². The summed E-state index contributed by atoms with van der Waals surface area (Å²) in [4.78, 5) is 94.9. The lowest BCUT2D eigenvalue weighted by molar-refractivity contribution is -0.143. The van der Waals surface area contributed by atoms with E-state index in [-0.39, 0.29) is 37.3 Å². The number of ketones is 1. The molecule has 0 bridgehead atoms. The second kappa shape index (κ2) is 19.0. The van der Waals surface area contributed by atoms with E-state index in [2.05, 4.69) is 21.3 Å². The summed E-state index contributed by atoms with van der Waals surface area (Å²) >= 11 is 0. The third-order valence-corrected chi connectivity index (χ3v) is 8.58. The summed E-state index contributed by atoms with van der Waals surface area (Å²) in [5.74, 6) is -4.28. The molecule has 1 aromatic carbocycles. The molecule has 1 heterocycles. The molecule has 5 atom stereocenters. The largest absolute Gasteiger partial charge is 0.449 e. The van der Waals surface area contributed by atoms with Crippen molar-refractivity contribution in [2.24, 2.45) is 17.3 Å². The van der Waals surface area contributed by atoms with Crippen molar-refractivity contribution in [1.29, 1.82) is 0 Å². The van der Waals surface area contributed by atoms with Crippen molar-refractivity contribution in [3.8, 4) is 0 Å². The number of ether oxygens (including phenoxy) is 1. The number of hydrogen-bond acceptors (Lipinski definition) is 8. The van der Waals surface area contributed by atoms with Crippen molar-refractivity contribution in [2.75, 3.05) is 33.8 Å². The highest BCUT2D eigenvalue weighted by atomic mass is 16.5. The van der Waals surface area contributed by atoms with Gasteiger partial charge in [-0.25, -0.2) is 4.79 Å². The van der Waals surface area contributed by atoms with Crippen LogP contribution < -0.4 is 21.3 Å². The Kier molecular flexibility index (Phi) is 15.9. The van der Waals surface area contributed by atoms with Crippen LogP contribution in [0.1, 0.15) is 85.8 Å². The lowest BCUT2D eigenvalue weighted by Crippen LogP contribution is -2.57. The van der Waals surface area contributed by atoms with Gasteiger partial charge < -0.3 is 35.8 Å². The maximum atomic E-state index is 14.0. The highest BCUT2D eigenvalue weighted by Gasteiger charge is 2.47. The molecule has 1 unspecified atom stereocenters. The van der Waals surface area contributed by atoms with Gasteiger partial charge in [-0.2, -0.15) is 0 Å². The molecule has 50 heavy (non-hydrogen) atoms. The molecule has 0 aliphatic carbocycles. The summed E-state index contributed by atoms with van der Waals surface area (Å²) in [6.07, 6.45) is 0.746. The van der Waals surface area contributed by atoms with E-state index in [0.29, 0.717) is 24.8 Å². The number of carbonyl (C=O) groups excluding carboxylic acids is 7. The van der Waals surface area contributed by atoms with E-state index in [9.17, 15) is 33.6 Å². The van der Waals surface area contributed by atoms with Gasteiger partial charge >= 0.3 is 6.09 Å². The summed E-state index contributed by atoms with van der Waals surface area (Å²) in [5, 5.41) is 10.3. The first-order valence-corrected chi connectivity index (χ1v) is 17.3. The lowest BCUT2D eigenvalue weighted by atomic mass is 9.90. The fourth-order valence-corrected chi connectivity index (χ4v) is 5.64. The van der Waals surface area contributed by atoms with Crippen LogP contribution in [0.15, 0.2) is 30.3 Å². The highest BCUT2D eigenvalue weighted by Crippen LogP contribution is 2.35. The number of likely N-dealkylation sites (N-methyl/N-ethyl adjacent to an activating group) is 1. The Balaban J connectivity index is 2.15. The van der Waals surface area contributed by atoms with Gasteiger partial charge in [0.15, 0.2) is 0 Å². The Hall–Kier alpha value is -4.49. The minimum atomic E-state index is -1.21. The Morgan fingerprint density at radius 1 is 0.960 bits per heavy atom. The van der Waals surface area contributed by atoms with Gasteiger partial charge in [-0.05, 0) is 35.7 Å². The fourth-order valence-electron chi connectivity index (χ4n) is 5.64. The minimum absolute atomic E-state index is 0.106. The molecule has 6 amide bonds. The molecule has 0 aromatic heterocycles. The number of rotatable bonds is 17. The number of likely N-dealkylation sites (tertiary alicyclic amines) is 1. The first kappa shape index (κ1) is 41.7. The number of nitrogens with one attached hydrogen (secondary N) is 4. The van der Waals surface area contributed by atoms with Gasteiger partial charge in [0, 0.05) is 20.6 Å². The van der Waals surface area contributed by atoms with Crippen molar-refractivity contribution in [1.82, 2.24) is 31.1 Å². The molecule has 0 spiro atoms. The Bertz CT molecular complexity index is 1370. The molecular formula is C36H56N6O8. The zero-order valence-corrected chi connectivity index (χ0v) is 31.0. The standard InChI is InChI=1S/C36H56N6O8/c1-10-15-25(30(44)32(46)37-19-27(43)39-29(33(47)41(8)9)24-16-13-12-14-17-24)38-31(45)26-18-36(6,7)21-42(26)34(48)28(23(5)11-2)40-35(49)50-20-22(3)4/h12-14,16-17,22-23,25-26,28-29H,10-11,15,18-21H2,1-9H3,(H,37,46)(H,38,45)(H,39,43)(H,40,49)/t23-,25-,26-,28?,29-/m0/s1. The number of amides is 6. The molecule has 1 saturated heterocycles. The minimum Gasteiger partial charge on any atom is -0.449 e.